The highest BCUT2D eigenvalue weighted by Gasteiger charge is 2.21. The summed E-state index contributed by atoms with van der Waals surface area (Å²) in [7, 11) is 0. The average molecular weight is 279 g/mol. The number of hydrogen-bond acceptors (Lipinski definition) is 2. The highest BCUT2D eigenvalue weighted by Crippen LogP contribution is 2.21. The molecule has 2 N–H and O–H groups in total. The van der Waals surface area contributed by atoms with Crippen LogP contribution in [0.2, 0.25) is 0 Å². The van der Waals surface area contributed by atoms with E-state index in [0.717, 1.165) is 18.6 Å². The van der Waals surface area contributed by atoms with Crippen molar-refractivity contribution in [1.82, 2.24) is 0 Å². The molecule has 0 saturated heterocycles. The predicted molar refractivity (Wildman–Crippen MR) is 85.7 cm³/mol. The van der Waals surface area contributed by atoms with Crippen LogP contribution in [0, 0.1) is 5.41 Å². The van der Waals surface area contributed by atoms with E-state index in [1.165, 1.54) is 18.4 Å². The number of ether oxygens (including phenoxy) is 1. The van der Waals surface area contributed by atoms with Gasteiger partial charge in [-0.05, 0) is 37.0 Å². The van der Waals surface area contributed by atoms with Gasteiger partial charge in [-0.3, -0.25) is 0 Å². The molecule has 1 aromatic carbocycles. The molecule has 1 rings (SSSR count). The smallest absolute Gasteiger partial charge is 0.119 e. The molecule has 0 aliphatic rings. The van der Waals surface area contributed by atoms with Gasteiger partial charge in [0.1, 0.15) is 5.75 Å². The normalized spacial score (nSPS) is 11.3. The summed E-state index contributed by atoms with van der Waals surface area (Å²) in [5.74, 6) is 0.916. The maximum absolute atomic E-state index is 5.74. The van der Waals surface area contributed by atoms with Gasteiger partial charge in [0.05, 0.1) is 11.6 Å². The van der Waals surface area contributed by atoms with Crippen molar-refractivity contribution < 1.29 is 4.74 Å². The van der Waals surface area contributed by atoms with Gasteiger partial charge in [-0.25, -0.2) is 0 Å². The van der Waals surface area contributed by atoms with Crippen molar-refractivity contribution in [2.45, 2.75) is 46.5 Å². The molecule has 0 radical (unpaired) electrons. The molecule has 0 saturated carbocycles. The minimum absolute atomic E-state index is 0.142. The summed E-state index contributed by atoms with van der Waals surface area (Å²) >= 11 is 5.04. The first kappa shape index (κ1) is 16.0. The zero-order valence-electron chi connectivity index (χ0n) is 12.2. The van der Waals surface area contributed by atoms with Gasteiger partial charge < -0.3 is 10.5 Å². The second kappa shape index (κ2) is 7.49. The Labute approximate surface area is 122 Å². The molecule has 1 aromatic rings. The monoisotopic (exact) mass is 279 g/mol. The van der Waals surface area contributed by atoms with E-state index in [9.17, 15) is 0 Å². The third kappa shape index (κ3) is 5.60. The average Bonchev–Trinajstić information content (AvgIpc) is 2.37. The lowest BCUT2D eigenvalue weighted by Gasteiger charge is -2.22. The Morgan fingerprint density at radius 1 is 1.26 bits per heavy atom. The second-order valence-corrected chi connectivity index (χ2v) is 6.03. The predicted octanol–water partition coefficient (Wildman–Crippen LogP) is 4.11. The van der Waals surface area contributed by atoms with Crippen LogP contribution in [0.15, 0.2) is 24.3 Å². The van der Waals surface area contributed by atoms with Crippen LogP contribution in [0.4, 0.5) is 0 Å². The zero-order chi connectivity index (χ0) is 14.3. The van der Waals surface area contributed by atoms with Gasteiger partial charge in [0.2, 0.25) is 0 Å². The van der Waals surface area contributed by atoms with Crippen LogP contribution in [-0.4, -0.2) is 11.6 Å². The minimum Gasteiger partial charge on any atom is -0.494 e. The Morgan fingerprint density at radius 3 is 2.42 bits per heavy atom. The molecule has 0 bridgehead atoms. The lowest BCUT2D eigenvalue weighted by molar-refractivity contribution is 0.270. The lowest BCUT2D eigenvalue weighted by Crippen LogP contribution is -2.31. The van der Waals surface area contributed by atoms with Crippen LogP contribution in [0.1, 0.15) is 45.6 Å². The van der Waals surface area contributed by atoms with Crippen molar-refractivity contribution in [3.8, 4) is 5.75 Å². The largest absolute Gasteiger partial charge is 0.494 e. The van der Waals surface area contributed by atoms with Gasteiger partial charge in [0.25, 0.3) is 0 Å². The highest BCUT2D eigenvalue weighted by atomic mass is 32.1. The molecule has 0 heterocycles. The van der Waals surface area contributed by atoms with Gasteiger partial charge in [0.15, 0.2) is 0 Å². The van der Waals surface area contributed by atoms with E-state index in [1.807, 2.05) is 26.0 Å². The van der Waals surface area contributed by atoms with E-state index in [1.54, 1.807) is 0 Å². The Balaban J connectivity index is 2.40. The molecule has 0 fully saturated rings. The fourth-order valence-corrected chi connectivity index (χ4v) is 1.78. The molecule has 0 aliphatic heterocycles. The fourth-order valence-electron chi connectivity index (χ4n) is 1.68. The second-order valence-electron chi connectivity index (χ2n) is 5.59. The van der Waals surface area contributed by atoms with Gasteiger partial charge in [-0.15, -0.1) is 0 Å². The van der Waals surface area contributed by atoms with Gasteiger partial charge in [-0.1, -0.05) is 51.5 Å². The van der Waals surface area contributed by atoms with Crippen molar-refractivity contribution in [3.63, 3.8) is 0 Å². The first-order valence-electron chi connectivity index (χ1n) is 6.97. The summed E-state index contributed by atoms with van der Waals surface area (Å²) in [6.07, 6.45) is 4.44. The summed E-state index contributed by atoms with van der Waals surface area (Å²) in [5, 5.41) is 0. The van der Waals surface area contributed by atoms with Crippen molar-refractivity contribution in [3.05, 3.63) is 29.8 Å². The van der Waals surface area contributed by atoms with Gasteiger partial charge >= 0.3 is 0 Å². The number of rotatable bonds is 8. The fraction of sp³-hybridized carbons (Fsp3) is 0.562. The molecule has 2 nitrogen and oxygen atoms in total. The molecule has 0 amide bonds. The third-order valence-corrected chi connectivity index (χ3v) is 3.96. The minimum atomic E-state index is -0.142. The number of thiocarbonyl (C=S) groups is 1. The van der Waals surface area contributed by atoms with Crippen LogP contribution < -0.4 is 10.5 Å². The van der Waals surface area contributed by atoms with E-state index >= 15 is 0 Å². The molecule has 0 unspecified atom stereocenters. The van der Waals surface area contributed by atoms with Crippen LogP contribution >= 0.6 is 12.2 Å². The van der Waals surface area contributed by atoms with Crippen LogP contribution in [0.25, 0.3) is 0 Å². The summed E-state index contributed by atoms with van der Waals surface area (Å²) in [6.45, 7) is 6.94. The van der Waals surface area contributed by atoms with Crippen molar-refractivity contribution >= 4 is 17.2 Å². The van der Waals surface area contributed by atoms with E-state index in [0.29, 0.717) is 11.6 Å². The van der Waals surface area contributed by atoms with E-state index in [4.69, 9.17) is 22.7 Å². The van der Waals surface area contributed by atoms with E-state index < -0.39 is 0 Å². The summed E-state index contributed by atoms with van der Waals surface area (Å²) in [6, 6.07) is 8.37. The summed E-state index contributed by atoms with van der Waals surface area (Å²) in [4.78, 5) is 0.547. The SMILES string of the molecule is CCCCc1ccc(OCCC(C)(C)C(N)=S)cc1. The number of nitrogens with two attached hydrogens (primary N) is 1. The maximum Gasteiger partial charge on any atom is 0.119 e. The Hall–Kier alpha value is -1.09. The van der Waals surface area contributed by atoms with Gasteiger partial charge in [-0.2, -0.15) is 0 Å². The maximum atomic E-state index is 5.74. The van der Waals surface area contributed by atoms with Crippen LogP contribution in [-0.2, 0) is 6.42 Å². The Kier molecular flexibility index (Phi) is 6.29. The molecular formula is C16H25NOS. The molecule has 0 aromatic heterocycles. The molecule has 19 heavy (non-hydrogen) atoms. The number of aryl methyl sites for hydroxylation is 1. The molecule has 0 atom stereocenters. The Bertz CT molecular complexity index is 398. The van der Waals surface area contributed by atoms with E-state index in [2.05, 4.69) is 19.1 Å². The standard InChI is InChI=1S/C16H25NOS/c1-4-5-6-13-7-9-14(10-8-13)18-12-11-16(2,3)15(17)19/h7-10H,4-6,11-12H2,1-3H3,(H2,17,19). The van der Waals surface area contributed by atoms with Crippen molar-refractivity contribution in [2.24, 2.45) is 11.1 Å². The highest BCUT2D eigenvalue weighted by molar-refractivity contribution is 7.80. The zero-order valence-corrected chi connectivity index (χ0v) is 13.1. The first-order chi connectivity index (χ1) is 8.95. The molecule has 106 valence electrons. The number of benzene rings is 1. The van der Waals surface area contributed by atoms with Crippen molar-refractivity contribution in [2.75, 3.05) is 6.61 Å². The number of unbranched alkanes of at least 4 members (excludes halogenated alkanes) is 1. The van der Waals surface area contributed by atoms with Gasteiger partial charge in [0, 0.05) is 5.41 Å². The topological polar surface area (TPSA) is 35.2 Å². The quantitative estimate of drug-likeness (QED) is 0.727. The first-order valence-corrected chi connectivity index (χ1v) is 7.38. The van der Waals surface area contributed by atoms with Crippen LogP contribution in [0.5, 0.6) is 5.75 Å². The summed E-state index contributed by atoms with van der Waals surface area (Å²) in [5.41, 5.74) is 6.92. The molecule has 0 spiro atoms. The molecule has 0 aliphatic carbocycles. The van der Waals surface area contributed by atoms with E-state index in [-0.39, 0.29) is 5.41 Å². The number of hydrogen-bond donors (Lipinski definition) is 1. The Morgan fingerprint density at radius 2 is 1.89 bits per heavy atom. The molecule has 3 heteroatoms. The van der Waals surface area contributed by atoms with Crippen LogP contribution in [0.3, 0.4) is 0 Å². The molecular weight excluding hydrogens is 254 g/mol. The lowest BCUT2D eigenvalue weighted by atomic mass is 9.90. The summed E-state index contributed by atoms with van der Waals surface area (Å²) < 4.78 is 5.74. The third-order valence-electron chi connectivity index (χ3n) is 3.41. The van der Waals surface area contributed by atoms with Crippen molar-refractivity contribution in [1.29, 1.82) is 0 Å².